The molecule has 1 unspecified atom stereocenters. The third-order valence-electron chi connectivity index (χ3n) is 5.48. The predicted octanol–water partition coefficient (Wildman–Crippen LogP) is 1.96. The van der Waals surface area contributed by atoms with Crippen molar-refractivity contribution in [3.63, 3.8) is 0 Å². The van der Waals surface area contributed by atoms with Crippen LogP contribution in [0.3, 0.4) is 0 Å². The molecule has 1 atom stereocenters. The Bertz CT molecular complexity index is 550. The van der Waals surface area contributed by atoms with E-state index in [1.165, 1.54) is 6.42 Å². The van der Waals surface area contributed by atoms with Crippen molar-refractivity contribution < 1.29 is 9.53 Å². The van der Waals surface area contributed by atoms with Crippen LogP contribution in [0.15, 0.2) is 18.3 Å². The Kier molecular flexibility index (Phi) is 4.69. The van der Waals surface area contributed by atoms with Gasteiger partial charge in [0.25, 0.3) is 5.91 Å². The van der Waals surface area contributed by atoms with E-state index in [0.717, 1.165) is 44.6 Å². The van der Waals surface area contributed by atoms with E-state index < -0.39 is 0 Å². The zero-order chi connectivity index (χ0) is 16.4. The molecule has 23 heavy (non-hydrogen) atoms. The van der Waals surface area contributed by atoms with Gasteiger partial charge < -0.3 is 14.5 Å². The number of pyridine rings is 1. The Labute approximate surface area is 138 Å². The smallest absolute Gasteiger partial charge is 0.272 e. The monoisotopic (exact) mass is 317 g/mol. The van der Waals surface area contributed by atoms with Gasteiger partial charge in [-0.05, 0) is 50.3 Å². The minimum atomic E-state index is 0.0691. The number of aryl methyl sites for hydroxylation is 1. The lowest BCUT2D eigenvalue weighted by atomic mass is 9.76. The van der Waals surface area contributed by atoms with Crippen molar-refractivity contribution in [1.82, 2.24) is 14.8 Å². The number of likely N-dealkylation sites (tertiary alicyclic amines) is 2. The van der Waals surface area contributed by atoms with Crippen LogP contribution in [0.5, 0.6) is 0 Å². The van der Waals surface area contributed by atoms with Crippen LogP contribution in [0, 0.1) is 12.3 Å². The summed E-state index contributed by atoms with van der Waals surface area (Å²) >= 11 is 0. The van der Waals surface area contributed by atoms with Crippen molar-refractivity contribution in [2.75, 3.05) is 40.4 Å². The van der Waals surface area contributed by atoms with Gasteiger partial charge in [0.15, 0.2) is 0 Å². The molecule has 2 aliphatic heterocycles. The molecule has 5 heteroatoms. The zero-order valence-electron chi connectivity index (χ0n) is 14.4. The average molecular weight is 317 g/mol. The summed E-state index contributed by atoms with van der Waals surface area (Å²) in [6.07, 6.45) is 5.10. The lowest BCUT2D eigenvalue weighted by Gasteiger charge is -2.39. The summed E-state index contributed by atoms with van der Waals surface area (Å²) in [4.78, 5) is 21.2. The molecule has 2 fully saturated rings. The molecule has 3 rings (SSSR count). The van der Waals surface area contributed by atoms with E-state index in [9.17, 15) is 4.79 Å². The quantitative estimate of drug-likeness (QED) is 0.855. The summed E-state index contributed by atoms with van der Waals surface area (Å²) in [6.45, 7) is 5.57. The van der Waals surface area contributed by atoms with Gasteiger partial charge >= 0.3 is 0 Å². The third-order valence-corrected chi connectivity index (χ3v) is 5.48. The fourth-order valence-corrected chi connectivity index (χ4v) is 4.06. The molecule has 0 bridgehead atoms. The molecular formula is C18H27N3O2. The SMILES string of the molecule is COCC1CC2(CCN(C(=O)c3ccc(C)cn3)CC2)CN1C. The van der Waals surface area contributed by atoms with E-state index in [4.69, 9.17) is 4.74 Å². The third kappa shape index (κ3) is 3.40. The number of rotatable bonds is 3. The van der Waals surface area contributed by atoms with E-state index >= 15 is 0 Å². The number of methoxy groups -OCH3 is 1. The summed E-state index contributed by atoms with van der Waals surface area (Å²) in [5.74, 6) is 0.0691. The van der Waals surface area contributed by atoms with Gasteiger partial charge in [-0.3, -0.25) is 9.78 Å². The van der Waals surface area contributed by atoms with Crippen LogP contribution in [-0.2, 0) is 4.74 Å². The zero-order valence-corrected chi connectivity index (χ0v) is 14.4. The van der Waals surface area contributed by atoms with Gasteiger partial charge in [-0.15, -0.1) is 0 Å². The van der Waals surface area contributed by atoms with Crippen LogP contribution in [0.4, 0.5) is 0 Å². The summed E-state index contributed by atoms with van der Waals surface area (Å²) in [5, 5.41) is 0. The van der Waals surface area contributed by atoms with E-state index in [1.807, 2.05) is 24.0 Å². The molecule has 2 aliphatic rings. The maximum atomic E-state index is 12.6. The van der Waals surface area contributed by atoms with Gasteiger partial charge in [0.2, 0.25) is 0 Å². The second-order valence-electron chi connectivity index (χ2n) is 7.24. The number of nitrogens with zero attached hydrogens (tertiary/aromatic N) is 3. The van der Waals surface area contributed by atoms with E-state index in [0.29, 0.717) is 17.2 Å². The number of hydrogen-bond donors (Lipinski definition) is 0. The molecule has 2 saturated heterocycles. The maximum absolute atomic E-state index is 12.6. The number of amides is 1. The Morgan fingerprint density at radius 1 is 1.39 bits per heavy atom. The topological polar surface area (TPSA) is 45.7 Å². The normalized spacial score (nSPS) is 24.3. The first kappa shape index (κ1) is 16.4. The number of ether oxygens (including phenoxy) is 1. The molecule has 5 nitrogen and oxygen atoms in total. The van der Waals surface area contributed by atoms with E-state index in [-0.39, 0.29) is 5.91 Å². The summed E-state index contributed by atoms with van der Waals surface area (Å²) in [7, 11) is 3.96. The number of likely N-dealkylation sites (N-methyl/N-ethyl adjacent to an activating group) is 1. The van der Waals surface area contributed by atoms with Gasteiger partial charge in [-0.2, -0.15) is 0 Å². The van der Waals surface area contributed by atoms with Gasteiger partial charge in [-0.1, -0.05) is 6.07 Å². The van der Waals surface area contributed by atoms with Crippen molar-refractivity contribution >= 4 is 5.91 Å². The Hall–Kier alpha value is -1.46. The van der Waals surface area contributed by atoms with Crippen LogP contribution in [-0.4, -0.2) is 67.1 Å². The second-order valence-corrected chi connectivity index (χ2v) is 7.24. The van der Waals surface area contributed by atoms with Crippen LogP contribution in [0.2, 0.25) is 0 Å². The van der Waals surface area contributed by atoms with Crippen molar-refractivity contribution in [3.8, 4) is 0 Å². The van der Waals surface area contributed by atoms with Crippen molar-refractivity contribution in [1.29, 1.82) is 0 Å². The maximum Gasteiger partial charge on any atom is 0.272 e. The van der Waals surface area contributed by atoms with E-state index in [1.54, 1.807) is 13.3 Å². The van der Waals surface area contributed by atoms with Gasteiger partial charge in [0, 0.05) is 39.0 Å². The predicted molar refractivity (Wildman–Crippen MR) is 89.5 cm³/mol. The molecule has 0 aromatic carbocycles. The fraction of sp³-hybridized carbons (Fsp3) is 0.667. The van der Waals surface area contributed by atoms with Gasteiger partial charge in [0.05, 0.1) is 6.61 Å². The Morgan fingerprint density at radius 2 is 2.13 bits per heavy atom. The highest BCUT2D eigenvalue weighted by atomic mass is 16.5. The molecule has 1 aromatic heterocycles. The minimum Gasteiger partial charge on any atom is -0.383 e. The highest BCUT2D eigenvalue weighted by Gasteiger charge is 2.44. The average Bonchev–Trinajstić information content (AvgIpc) is 2.84. The van der Waals surface area contributed by atoms with Crippen LogP contribution in [0.25, 0.3) is 0 Å². The van der Waals surface area contributed by atoms with Crippen molar-refractivity contribution in [3.05, 3.63) is 29.6 Å². The first-order chi connectivity index (χ1) is 11.0. The highest BCUT2D eigenvalue weighted by Crippen LogP contribution is 2.42. The summed E-state index contributed by atoms with van der Waals surface area (Å²) in [5.41, 5.74) is 2.00. The number of hydrogen-bond acceptors (Lipinski definition) is 4. The number of aromatic nitrogens is 1. The lowest BCUT2D eigenvalue weighted by Crippen LogP contribution is -2.44. The number of carbonyl (C=O) groups excluding carboxylic acids is 1. The van der Waals surface area contributed by atoms with Crippen molar-refractivity contribution in [2.45, 2.75) is 32.2 Å². The minimum absolute atomic E-state index is 0.0691. The van der Waals surface area contributed by atoms with Crippen LogP contribution < -0.4 is 0 Å². The fourth-order valence-electron chi connectivity index (χ4n) is 4.06. The number of piperidine rings is 1. The van der Waals surface area contributed by atoms with Gasteiger partial charge in [-0.25, -0.2) is 0 Å². The first-order valence-corrected chi connectivity index (χ1v) is 8.44. The molecule has 126 valence electrons. The second kappa shape index (κ2) is 6.57. The summed E-state index contributed by atoms with van der Waals surface area (Å²) in [6, 6.07) is 4.30. The highest BCUT2D eigenvalue weighted by molar-refractivity contribution is 5.92. The van der Waals surface area contributed by atoms with E-state index in [2.05, 4.69) is 16.9 Å². The van der Waals surface area contributed by atoms with Crippen LogP contribution >= 0.6 is 0 Å². The summed E-state index contributed by atoms with van der Waals surface area (Å²) < 4.78 is 5.34. The molecule has 0 N–H and O–H groups in total. The van der Waals surface area contributed by atoms with Gasteiger partial charge in [0.1, 0.15) is 5.69 Å². The van der Waals surface area contributed by atoms with Crippen LogP contribution in [0.1, 0.15) is 35.3 Å². The first-order valence-electron chi connectivity index (χ1n) is 8.44. The molecule has 1 aromatic rings. The molecular weight excluding hydrogens is 290 g/mol. The van der Waals surface area contributed by atoms with Crippen molar-refractivity contribution in [2.24, 2.45) is 5.41 Å². The largest absolute Gasteiger partial charge is 0.383 e. The molecule has 0 aliphatic carbocycles. The molecule has 1 amide bonds. The number of carbonyl (C=O) groups is 1. The molecule has 3 heterocycles. The molecule has 0 radical (unpaired) electrons. The molecule has 0 saturated carbocycles. The standard InChI is InChI=1S/C18H27N3O2/c1-14-4-5-16(19-11-14)17(22)21-8-6-18(7-9-21)10-15(12-23-3)20(2)13-18/h4-5,11,15H,6-10,12-13H2,1-3H3. The lowest BCUT2D eigenvalue weighted by molar-refractivity contribution is 0.0586. The Morgan fingerprint density at radius 3 is 2.74 bits per heavy atom. The Balaban J connectivity index is 1.60. The molecule has 1 spiro atoms.